The Labute approximate surface area is 544 Å². The molecule has 0 aliphatic heterocycles. The molecule has 0 spiro atoms. The summed E-state index contributed by atoms with van der Waals surface area (Å²) in [4.78, 5) is 29.1. The molecule has 94 heavy (non-hydrogen) atoms. The maximum Gasteiger partial charge on any atom is 0.164 e. The molecule has 0 aliphatic carbocycles. The third kappa shape index (κ3) is 9.73. The molecule has 0 amide bonds. The lowest BCUT2D eigenvalue weighted by Gasteiger charge is -2.37. The van der Waals surface area contributed by atoms with Crippen LogP contribution in [0.4, 0.5) is 34.1 Å². The van der Waals surface area contributed by atoms with Crippen molar-refractivity contribution in [3.8, 4) is 79.2 Å². The molecule has 17 rings (SSSR count). The van der Waals surface area contributed by atoms with Gasteiger partial charge in [0, 0.05) is 66.5 Å². The van der Waals surface area contributed by atoms with Crippen LogP contribution in [0, 0.1) is 0 Å². The minimum atomic E-state index is 0.490. The largest absolute Gasteiger partial charge is 0.308 e. The van der Waals surface area contributed by atoms with Gasteiger partial charge in [-0.2, -0.15) is 0 Å². The number of rotatable bonds is 14. The molecule has 0 radical (unpaired) electrons. The molecule has 0 saturated carbocycles. The Morgan fingerprint density at radius 3 is 0.649 bits per heavy atom. The highest BCUT2D eigenvalue weighted by Crippen LogP contribution is 2.59. The van der Waals surface area contributed by atoms with E-state index in [9.17, 15) is 0 Å². The molecule has 8 heteroatoms. The second-order valence-corrected chi connectivity index (χ2v) is 23.3. The summed E-state index contributed by atoms with van der Waals surface area (Å²) >= 11 is 0. The first-order chi connectivity index (χ1) is 46.7. The number of para-hydroxylation sites is 8. The number of hydrogen-bond donors (Lipinski definition) is 0. The van der Waals surface area contributed by atoms with Crippen molar-refractivity contribution in [2.75, 3.05) is 9.80 Å². The molecule has 4 aromatic heterocycles. The first kappa shape index (κ1) is 55.3. The topological polar surface area (TPSA) is 67.9 Å². The number of hydrogen-bond acceptors (Lipinski definition) is 6. The number of aromatic nitrogens is 6. The Morgan fingerprint density at radius 2 is 0.415 bits per heavy atom. The Hall–Kier alpha value is -12.8. The highest BCUT2D eigenvalue weighted by Gasteiger charge is 2.39. The van der Waals surface area contributed by atoms with E-state index in [0.29, 0.717) is 11.6 Å². The Morgan fingerprint density at radius 1 is 0.213 bits per heavy atom. The normalized spacial score (nSPS) is 11.4. The van der Waals surface area contributed by atoms with Crippen LogP contribution in [-0.2, 0) is 0 Å². The molecule has 442 valence electrons. The number of fused-ring (bicyclic) bond motifs is 6. The summed E-state index contributed by atoms with van der Waals surface area (Å²) in [5.74, 6) is 0.979. The zero-order valence-electron chi connectivity index (χ0n) is 51.1. The number of nitrogens with zero attached hydrogens (tertiary/aromatic N) is 8. The van der Waals surface area contributed by atoms with E-state index in [4.69, 9.17) is 19.9 Å². The molecular weight excluding hydrogens is 1150 g/mol. The van der Waals surface area contributed by atoms with Gasteiger partial charge in [-0.15, -0.1) is 0 Å². The van der Waals surface area contributed by atoms with Gasteiger partial charge in [0.15, 0.2) is 11.6 Å². The van der Waals surface area contributed by atoms with Crippen molar-refractivity contribution >= 4 is 77.7 Å². The van der Waals surface area contributed by atoms with Crippen molar-refractivity contribution in [2.45, 2.75) is 0 Å². The fourth-order valence-electron chi connectivity index (χ4n) is 13.6. The summed E-state index contributed by atoms with van der Waals surface area (Å²) in [5.41, 5.74) is 18.9. The predicted octanol–water partition coefficient (Wildman–Crippen LogP) is 22.4. The summed E-state index contributed by atoms with van der Waals surface area (Å²) < 4.78 is 4.95. The SMILES string of the molecule is c1ccc(-c2cc(-c3ccccc3)nc(-c3c(N(c4ccccc4)c4ccccc4)c(-n4c5ccccc5c5ccccc54)c(-c4nc(-c5ccccc5)cc(-c5ccccc5)n4)c(N(c4ccccc4)c4ccccc4)c3-n3c4ccccc4c4ccccc43)n2)cc1. The Kier molecular flexibility index (Phi) is 14.0. The van der Waals surface area contributed by atoms with E-state index < -0.39 is 0 Å². The van der Waals surface area contributed by atoms with Gasteiger partial charge in [0.25, 0.3) is 0 Å². The Balaban J connectivity index is 1.24. The van der Waals surface area contributed by atoms with E-state index >= 15 is 0 Å². The van der Waals surface area contributed by atoms with Crippen molar-refractivity contribution < 1.29 is 0 Å². The van der Waals surface area contributed by atoms with Crippen LogP contribution in [0.2, 0.25) is 0 Å². The molecular formula is C86H58N8. The third-order valence-corrected chi connectivity index (χ3v) is 17.7. The van der Waals surface area contributed by atoms with Gasteiger partial charge in [-0.25, -0.2) is 19.9 Å². The zero-order valence-corrected chi connectivity index (χ0v) is 51.1. The summed E-state index contributed by atoms with van der Waals surface area (Å²) in [5, 5.41) is 4.32. The van der Waals surface area contributed by atoms with Gasteiger partial charge in [0.1, 0.15) is 0 Å². The summed E-state index contributed by atoms with van der Waals surface area (Å²) in [6.45, 7) is 0. The first-order valence-corrected chi connectivity index (χ1v) is 31.7. The lowest BCUT2D eigenvalue weighted by molar-refractivity contribution is 1.07. The van der Waals surface area contributed by atoms with E-state index in [1.165, 1.54) is 0 Å². The van der Waals surface area contributed by atoms with Crippen molar-refractivity contribution in [1.82, 2.24) is 29.1 Å². The van der Waals surface area contributed by atoms with E-state index in [1.807, 2.05) is 0 Å². The monoisotopic (exact) mass is 1200 g/mol. The average molecular weight is 1200 g/mol. The molecule has 4 heterocycles. The molecule has 8 nitrogen and oxygen atoms in total. The summed E-state index contributed by atoms with van der Waals surface area (Å²) in [6.07, 6.45) is 0. The molecule has 0 N–H and O–H groups in total. The Bertz CT molecular complexity index is 4940. The number of benzene rings is 13. The minimum absolute atomic E-state index is 0.490. The molecule has 0 bridgehead atoms. The summed E-state index contributed by atoms with van der Waals surface area (Å²) in [6, 6.07) is 124. The molecule has 0 saturated heterocycles. The van der Waals surface area contributed by atoms with E-state index in [1.54, 1.807) is 0 Å². The second-order valence-electron chi connectivity index (χ2n) is 23.3. The smallest absolute Gasteiger partial charge is 0.164 e. The van der Waals surface area contributed by atoms with Crippen molar-refractivity contribution in [3.63, 3.8) is 0 Å². The van der Waals surface area contributed by atoms with Crippen LogP contribution in [0.3, 0.4) is 0 Å². The standard InChI is InChI=1S/C86H58N8/c1-9-33-59(34-10-1)71-57-72(60-35-11-2-12-36-60)88-85(87-71)79-81(91(63-41-17-5-18-42-63)64-43-19-6-20-44-64)84(94-77-55-31-27-51-69(77)70-52-28-32-56-78(70)94)80(86-89-73(61-37-13-3-14-38-61)58-74(90-86)62-39-15-4-16-40-62)82(92(65-45-21-7-22-46-65)66-47-23-8-24-48-66)83(79)93-75-53-29-25-49-67(75)68-50-26-30-54-76(68)93/h1-58H. The van der Waals surface area contributed by atoms with Gasteiger partial charge in [0.05, 0.1) is 78.7 Å². The highest BCUT2D eigenvalue weighted by atomic mass is 15.2. The van der Waals surface area contributed by atoms with Crippen LogP contribution < -0.4 is 9.80 Å². The lowest BCUT2D eigenvalue weighted by atomic mass is 9.93. The maximum atomic E-state index is 6.05. The quantitative estimate of drug-likeness (QED) is 0.108. The van der Waals surface area contributed by atoms with Gasteiger partial charge in [-0.1, -0.05) is 267 Å². The van der Waals surface area contributed by atoms with Gasteiger partial charge in [-0.05, 0) is 84.9 Å². The molecule has 0 atom stereocenters. The molecule has 0 fully saturated rings. The van der Waals surface area contributed by atoms with E-state index in [0.717, 1.165) is 145 Å². The molecule has 13 aromatic carbocycles. The predicted molar refractivity (Wildman–Crippen MR) is 388 cm³/mol. The minimum Gasteiger partial charge on any atom is -0.308 e. The van der Waals surface area contributed by atoms with Crippen molar-refractivity contribution in [3.05, 3.63) is 352 Å². The molecule has 0 aliphatic rings. The van der Waals surface area contributed by atoms with Gasteiger partial charge < -0.3 is 18.9 Å². The van der Waals surface area contributed by atoms with Crippen LogP contribution in [-0.4, -0.2) is 29.1 Å². The number of anilines is 6. The van der Waals surface area contributed by atoms with Crippen LogP contribution >= 0.6 is 0 Å². The second kappa shape index (κ2) is 23.9. The van der Waals surface area contributed by atoms with Crippen molar-refractivity contribution in [2.24, 2.45) is 0 Å². The third-order valence-electron chi connectivity index (χ3n) is 17.7. The average Bonchev–Trinajstić information content (AvgIpc) is 1.24. The van der Waals surface area contributed by atoms with E-state index in [-0.39, 0.29) is 0 Å². The zero-order chi connectivity index (χ0) is 62.3. The van der Waals surface area contributed by atoms with Gasteiger partial charge >= 0.3 is 0 Å². The first-order valence-electron chi connectivity index (χ1n) is 31.7. The van der Waals surface area contributed by atoms with Crippen molar-refractivity contribution in [1.29, 1.82) is 0 Å². The van der Waals surface area contributed by atoms with Crippen LogP contribution in [0.15, 0.2) is 352 Å². The fraction of sp³-hybridized carbons (Fsp3) is 0. The summed E-state index contributed by atoms with van der Waals surface area (Å²) in [7, 11) is 0. The molecule has 17 aromatic rings. The van der Waals surface area contributed by atoms with E-state index in [2.05, 4.69) is 371 Å². The van der Waals surface area contributed by atoms with Crippen LogP contribution in [0.5, 0.6) is 0 Å². The molecule has 0 unspecified atom stereocenters. The lowest BCUT2D eigenvalue weighted by Crippen LogP contribution is -2.22. The van der Waals surface area contributed by atoms with Gasteiger partial charge in [-0.3, -0.25) is 0 Å². The van der Waals surface area contributed by atoms with Crippen LogP contribution in [0.1, 0.15) is 0 Å². The van der Waals surface area contributed by atoms with Crippen LogP contribution in [0.25, 0.3) is 123 Å². The highest BCUT2D eigenvalue weighted by molar-refractivity contribution is 6.18. The van der Waals surface area contributed by atoms with Gasteiger partial charge in [0.2, 0.25) is 0 Å². The maximum absolute atomic E-state index is 6.05. The fourth-order valence-corrected chi connectivity index (χ4v) is 13.6.